The highest BCUT2D eigenvalue weighted by Gasteiger charge is 2.27. The molecule has 0 saturated heterocycles. The highest BCUT2D eigenvalue weighted by Crippen LogP contribution is 2.27. The number of fused-ring (bicyclic) bond motifs is 1. The van der Waals surface area contributed by atoms with E-state index in [2.05, 4.69) is 24.2 Å². The number of methoxy groups -OCH3 is 2. The van der Waals surface area contributed by atoms with Crippen LogP contribution in [0.1, 0.15) is 38.4 Å². The number of benzene rings is 2. The molecule has 0 bridgehead atoms. The highest BCUT2D eigenvalue weighted by molar-refractivity contribution is 5.95. The third-order valence-corrected chi connectivity index (χ3v) is 5.97. The molecule has 2 aromatic carbocycles. The van der Waals surface area contributed by atoms with Crippen LogP contribution in [0.4, 0.5) is 0 Å². The Morgan fingerprint density at radius 2 is 1.78 bits per heavy atom. The zero-order chi connectivity index (χ0) is 22.7. The second-order valence-electron chi connectivity index (χ2n) is 7.99. The zero-order valence-corrected chi connectivity index (χ0v) is 19.1. The van der Waals surface area contributed by atoms with Crippen LogP contribution in [0.15, 0.2) is 42.5 Å². The molecule has 1 aliphatic heterocycles. The van der Waals surface area contributed by atoms with Gasteiger partial charge in [0, 0.05) is 49.4 Å². The smallest absolute Gasteiger partial charge is 0.254 e. The van der Waals surface area contributed by atoms with E-state index in [1.165, 1.54) is 11.1 Å². The van der Waals surface area contributed by atoms with Crippen LogP contribution in [0.5, 0.6) is 11.5 Å². The summed E-state index contributed by atoms with van der Waals surface area (Å²) < 4.78 is 18.6. The molecule has 2 heterocycles. The molecule has 32 heavy (non-hydrogen) atoms. The Kier molecular flexibility index (Phi) is 6.46. The number of rotatable bonds is 7. The quantitative estimate of drug-likeness (QED) is 0.567. The van der Waals surface area contributed by atoms with E-state index in [-0.39, 0.29) is 5.91 Å². The SMILES string of the molecule is COc1cc(OC)cc(C(=O)N2CCc3c(c(COCc4ccccc4C)nn3C)C2)c1. The van der Waals surface area contributed by atoms with E-state index in [1.54, 1.807) is 32.4 Å². The van der Waals surface area contributed by atoms with Gasteiger partial charge in [0.1, 0.15) is 11.5 Å². The maximum atomic E-state index is 13.3. The number of carbonyl (C=O) groups excluding carboxylic acids is 1. The number of hydrogen-bond donors (Lipinski definition) is 0. The largest absolute Gasteiger partial charge is 0.497 e. The van der Waals surface area contributed by atoms with Crippen molar-refractivity contribution in [3.63, 3.8) is 0 Å². The number of carbonyl (C=O) groups is 1. The van der Waals surface area contributed by atoms with Crippen LogP contribution in [0.25, 0.3) is 0 Å². The Morgan fingerprint density at radius 3 is 2.47 bits per heavy atom. The Balaban J connectivity index is 1.49. The van der Waals surface area contributed by atoms with Gasteiger partial charge in [-0.05, 0) is 30.2 Å². The monoisotopic (exact) mass is 435 g/mol. The molecule has 0 unspecified atom stereocenters. The summed E-state index contributed by atoms with van der Waals surface area (Å²) in [6, 6.07) is 13.5. The lowest BCUT2D eigenvalue weighted by molar-refractivity contribution is 0.0727. The second kappa shape index (κ2) is 9.44. The van der Waals surface area contributed by atoms with Gasteiger partial charge in [-0.2, -0.15) is 5.10 Å². The van der Waals surface area contributed by atoms with Gasteiger partial charge in [0.05, 0.1) is 33.1 Å². The average Bonchev–Trinajstić information content (AvgIpc) is 3.14. The van der Waals surface area contributed by atoms with Crippen LogP contribution < -0.4 is 9.47 Å². The molecular weight excluding hydrogens is 406 g/mol. The lowest BCUT2D eigenvalue weighted by Crippen LogP contribution is -2.36. The third-order valence-electron chi connectivity index (χ3n) is 5.97. The van der Waals surface area contributed by atoms with Gasteiger partial charge in [0.25, 0.3) is 5.91 Å². The van der Waals surface area contributed by atoms with Gasteiger partial charge < -0.3 is 19.1 Å². The van der Waals surface area contributed by atoms with Crippen LogP contribution in [0, 0.1) is 6.92 Å². The van der Waals surface area contributed by atoms with E-state index in [0.29, 0.717) is 43.4 Å². The molecule has 0 spiro atoms. The van der Waals surface area contributed by atoms with Crippen molar-refractivity contribution in [2.45, 2.75) is 33.1 Å². The van der Waals surface area contributed by atoms with Crippen LogP contribution >= 0.6 is 0 Å². The molecule has 0 fully saturated rings. The van der Waals surface area contributed by atoms with Crippen molar-refractivity contribution in [1.29, 1.82) is 0 Å². The number of nitrogens with zero attached hydrogens (tertiary/aromatic N) is 3. The maximum absolute atomic E-state index is 13.3. The van der Waals surface area contributed by atoms with E-state index in [0.717, 1.165) is 23.4 Å². The number of hydrogen-bond acceptors (Lipinski definition) is 5. The lowest BCUT2D eigenvalue weighted by Gasteiger charge is -2.28. The van der Waals surface area contributed by atoms with E-state index in [1.807, 2.05) is 28.8 Å². The molecule has 1 amide bonds. The first-order chi connectivity index (χ1) is 15.5. The topological polar surface area (TPSA) is 65.8 Å². The van der Waals surface area contributed by atoms with Crippen molar-refractivity contribution >= 4 is 5.91 Å². The second-order valence-corrected chi connectivity index (χ2v) is 7.99. The molecule has 168 valence electrons. The predicted octanol–water partition coefficient (Wildman–Crippen LogP) is 3.66. The summed E-state index contributed by atoms with van der Waals surface area (Å²) in [5, 5.41) is 4.68. The van der Waals surface area contributed by atoms with E-state index in [9.17, 15) is 4.79 Å². The van der Waals surface area contributed by atoms with Gasteiger partial charge in [-0.25, -0.2) is 0 Å². The number of ether oxygens (including phenoxy) is 3. The van der Waals surface area contributed by atoms with Crippen molar-refractivity contribution in [1.82, 2.24) is 14.7 Å². The molecule has 0 aliphatic carbocycles. The molecule has 0 saturated carbocycles. The number of aromatic nitrogens is 2. The van der Waals surface area contributed by atoms with Crippen LogP contribution in [0.2, 0.25) is 0 Å². The number of amides is 1. The normalized spacial score (nSPS) is 13.1. The van der Waals surface area contributed by atoms with Crippen molar-refractivity contribution in [3.8, 4) is 11.5 Å². The summed E-state index contributed by atoms with van der Waals surface area (Å²) in [6.45, 7) is 4.16. The Hall–Kier alpha value is -3.32. The fraction of sp³-hybridized carbons (Fsp3) is 0.360. The van der Waals surface area contributed by atoms with E-state index < -0.39 is 0 Å². The van der Waals surface area contributed by atoms with Crippen molar-refractivity contribution < 1.29 is 19.0 Å². The predicted molar refractivity (Wildman–Crippen MR) is 121 cm³/mol. The maximum Gasteiger partial charge on any atom is 0.254 e. The van der Waals surface area contributed by atoms with E-state index in [4.69, 9.17) is 14.2 Å². The summed E-state index contributed by atoms with van der Waals surface area (Å²) in [5.41, 5.74) is 6.04. The van der Waals surface area contributed by atoms with Gasteiger partial charge >= 0.3 is 0 Å². The average molecular weight is 436 g/mol. The molecule has 1 aliphatic rings. The fourth-order valence-electron chi connectivity index (χ4n) is 4.10. The summed E-state index contributed by atoms with van der Waals surface area (Å²) in [5.74, 6) is 1.14. The minimum atomic E-state index is -0.0523. The van der Waals surface area contributed by atoms with Crippen molar-refractivity contribution in [2.24, 2.45) is 7.05 Å². The van der Waals surface area contributed by atoms with Crippen molar-refractivity contribution in [3.05, 3.63) is 76.1 Å². The van der Waals surface area contributed by atoms with Gasteiger partial charge in [-0.1, -0.05) is 24.3 Å². The summed E-state index contributed by atoms with van der Waals surface area (Å²) in [6.07, 6.45) is 0.753. The summed E-state index contributed by atoms with van der Waals surface area (Å²) in [4.78, 5) is 15.1. The van der Waals surface area contributed by atoms with E-state index >= 15 is 0 Å². The summed E-state index contributed by atoms with van der Waals surface area (Å²) >= 11 is 0. The molecule has 0 radical (unpaired) electrons. The first-order valence-electron chi connectivity index (χ1n) is 10.7. The van der Waals surface area contributed by atoms with Crippen LogP contribution in [0.3, 0.4) is 0 Å². The van der Waals surface area contributed by atoms with Gasteiger partial charge in [-0.3, -0.25) is 9.48 Å². The summed E-state index contributed by atoms with van der Waals surface area (Å²) in [7, 11) is 5.11. The first kappa shape index (κ1) is 21.9. The number of aryl methyl sites for hydroxylation is 2. The Labute approximate surface area is 188 Å². The highest BCUT2D eigenvalue weighted by atomic mass is 16.5. The minimum Gasteiger partial charge on any atom is -0.497 e. The minimum absolute atomic E-state index is 0.0523. The molecule has 7 heteroatoms. The van der Waals surface area contributed by atoms with Crippen molar-refractivity contribution in [2.75, 3.05) is 20.8 Å². The van der Waals surface area contributed by atoms with Gasteiger partial charge in [0.2, 0.25) is 0 Å². The van der Waals surface area contributed by atoms with Gasteiger partial charge in [0.15, 0.2) is 0 Å². The Bertz CT molecular complexity index is 1100. The molecule has 7 nitrogen and oxygen atoms in total. The molecule has 0 N–H and O–H groups in total. The van der Waals surface area contributed by atoms with Gasteiger partial charge in [-0.15, -0.1) is 0 Å². The molecule has 4 rings (SSSR count). The lowest BCUT2D eigenvalue weighted by atomic mass is 10.0. The van der Waals surface area contributed by atoms with Crippen LogP contribution in [-0.4, -0.2) is 41.4 Å². The van der Waals surface area contributed by atoms with Crippen LogP contribution in [-0.2, 0) is 38.0 Å². The molecular formula is C25H29N3O4. The zero-order valence-electron chi connectivity index (χ0n) is 19.1. The third kappa shape index (κ3) is 4.48. The fourth-order valence-corrected chi connectivity index (χ4v) is 4.10. The standard InChI is InChI=1S/C25H29N3O4/c1-17-7-5-6-8-18(17)15-32-16-23-22-14-28(10-9-24(22)27(2)26-23)25(29)19-11-20(30-3)13-21(12-19)31-4/h5-8,11-13H,9-10,14-16H2,1-4H3. The first-order valence-corrected chi connectivity index (χ1v) is 10.7. The Morgan fingerprint density at radius 1 is 1.06 bits per heavy atom. The molecule has 0 atom stereocenters. The molecule has 3 aromatic rings. The molecule has 1 aromatic heterocycles.